The molecule has 4 rings (SSSR count). The summed E-state index contributed by atoms with van der Waals surface area (Å²) in [5.41, 5.74) is 1.23. The molecule has 8 nitrogen and oxygen atoms in total. The predicted molar refractivity (Wildman–Crippen MR) is 112 cm³/mol. The fourth-order valence-electron chi connectivity index (χ4n) is 3.11. The Bertz CT molecular complexity index is 1350. The summed E-state index contributed by atoms with van der Waals surface area (Å²) in [5.74, 6) is -0.578. The molecule has 0 aliphatic carbocycles. The van der Waals surface area contributed by atoms with E-state index in [1.165, 1.54) is 36.1 Å². The second-order valence-electron chi connectivity index (χ2n) is 6.56. The van der Waals surface area contributed by atoms with Crippen molar-refractivity contribution in [3.63, 3.8) is 0 Å². The maximum absolute atomic E-state index is 13.4. The van der Waals surface area contributed by atoms with Crippen LogP contribution in [0.1, 0.15) is 10.4 Å². The first-order valence-electron chi connectivity index (χ1n) is 9.16. The Morgan fingerprint density at radius 3 is 2.32 bits per heavy atom. The van der Waals surface area contributed by atoms with Gasteiger partial charge in [0, 0.05) is 5.56 Å². The Morgan fingerprint density at radius 2 is 1.68 bits per heavy atom. The van der Waals surface area contributed by atoms with E-state index in [0.29, 0.717) is 17.0 Å². The first kappa shape index (κ1) is 20.3. The average Bonchev–Trinajstić information content (AvgIpc) is 3.26. The molecular formula is C22H17N3O5S. The number of carboxylic acids is 1. The molecule has 31 heavy (non-hydrogen) atoms. The number of sulfone groups is 1. The van der Waals surface area contributed by atoms with Crippen molar-refractivity contribution < 1.29 is 23.1 Å². The zero-order valence-electron chi connectivity index (χ0n) is 16.3. The molecule has 0 fully saturated rings. The topological polar surface area (TPSA) is 111 Å². The lowest BCUT2D eigenvalue weighted by Crippen LogP contribution is -2.06. The minimum atomic E-state index is -4.02. The third-order valence-electron chi connectivity index (χ3n) is 4.65. The van der Waals surface area contributed by atoms with E-state index in [-0.39, 0.29) is 21.2 Å². The maximum Gasteiger partial charge on any atom is 0.335 e. The van der Waals surface area contributed by atoms with Gasteiger partial charge >= 0.3 is 5.97 Å². The van der Waals surface area contributed by atoms with Crippen LogP contribution in [0.3, 0.4) is 0 Å². The van der Waals surface area contributed by atoms with Crippen molar-refractivity contribution in [3.8, 4) is 22.7 Å². The molecule has 1 aromatic heterocycles. The van der Waals surface area contributed by atoms with Gasteiger partial charge in [0.1, 0.15) is 11.4 Å². The smallest absolute Gasteiger partial charge is 0.335 e. The molecule has 0 aliphatic heterocycles. The van der Waals surface area contributed by atoms with Crippen LogP contribution in [0.15, 0.2) is 88.8 Å². The summed E-state index contributed by atoms with van der Waals surface area (Å²) in [4.78, 5) is 11.4. The van der Waals surface area contributed by atoms with Crippen LogP contribution < -0.4 is 4.74 Å². The number of aromatic carboxylic acids is 1. The van der Waals surface area contributed by atoms with E-state index >= 15 is 0 Å². The van der Waals surface area contributed by atoms with E-state index in [9.17, 15) is 18.3 Å². The van der Waals surface area contributed by atoms with Crippen LogP contribution in [-0.4, -0.2) is 41.6 Å². The van der Waals surface area contributed by atoms with Gasteiger partial charge in [-0.3, -0.25) is 0 Å². The number of hydrogen-bond acceptors (Lipinski definition) is 6. The van der Waals surface area contributed by atoms with Gasteiger partial charge in [0.2, 0.25) is 14.9 Å². The molecule has 9 heteroatoms. The number of carboxylic acid groups (broad SMARTS) is 1. The summed E-state index contributed by atoms with van der Waals surface area (Å²) in [5, 5.41) is 17.1. The number of rotatable bonds is 6. The van der Waals surface area contributed by atoms with Crippen LogP contribution in [0.25, 0.3) is 16.9 Å². The minimum absolute atomic E-state index is 0.0387. The highest BCUT2D eigenvalue weighted by Gasteiger charge is 2.29. The highest BCUT2D eigenvalue weighted by atomic mass is 32.2. The Labute approximate surface area is 178 Å². The normalized spacial score (nSPS) is 11.3. The molecule has 0 aliphatic rings. The van der Waals surface area contributed by atoms with Gasteiger partial charge in [0.25, 0.3) is 0 Å². The van der Waals surface area contributed by atoms with E-state index in [2.05, 4.69) is 10.3 Å². The lowest BCUT2D eigenvalue weighted by Gasteiger charge is -2.10. The molecular weight excluding hydrogens is 418 g/mol. The molecule has 0 atom stereocenters. The van der Waals surface area contributed by atoms with E-state index in [4.69, 9.17) is 4.74 Å². The molecule has 0 saturated carbocycles. The average molecular weight is 435 g/mol. The first-order chi connectivity index (χ1) is 14.9. The van der Waals surface area contributed by atoms with Crippen molar-refractivity contribution >= 4 is 15.8 Å². The Morgan fingerprint density at radius 1 is 0.968 bits per heavy atom. The molecule has 0 amide bonds. The number of carbonyl (C=O) groups is 1. The maximum atomic E-state index is 13.4. The van der Waals surface area contributed by atoms with Crippen molar-refractivity contribution in [2.45, 2.75) is 9.92 Å². The fraction of sp³-hybridized carbons (Fsp3) is 0.0455. The summed E-state index contributed by atoms with van der Waals surface area (Å²) in [6, 6.07) is 20.9. The van der Waals surface area contributed by atoms with Gasteiger partial charge < -0.3 is 9.84 Å². The van der Waals surface area contributed by atoms with Crippen molar-refractivity contribution in [3.05, 3.63) is 84.4 Å². The van der Waals surface area contributed by atoms with E-state index < -0.39 is 15.8 Å². The minimum Gasteiger partial charge on any atom is -0.497 e. The van der Waals surface area contributed by atoms with Gasteiger partial charge in [-0.25, -0.2) is 17.9 Å². The molecule has 1 N–H and O–H groups in total. The SMILES string of the molecule is COc1ccc(S(=O)(=O)c2nnn(-c3cccc(C(=O)O)c3)c2-c2ccccc2)cc1. The number of nitrogens with zero attached hydrogens (tertiary/aromatic N) is 3. The zero-order chi connectivity index (χ0) is 22.0. The molecule has 0 spiro atoms. The van der Waals surface area contributed by atoms with Crippen molar-refractivity contribution in [1.29, 1.82) is 0 Å². The van der Waals surface area contributed by atoms with Crippen molar-refractivity contribution in [1.82, 2.24) is 15.0 Å². The standard InChI is InChI=1S/C22H17N3O5S/c1-30-18-10-12-19(13-11-18)31(28,29)21-20(15-6-3-2-4-7-15)25(24-23-21)17-9-5-8-16(14-17)22(26)27/h2-14H,1H3,(H,26,27). The second kappa shape index (κ2) is 8.04. The lowest BCUT2D eigenvalue weighted by atomic mass is 10.1. The lowest BCUT2D eigenvalue weighted by molar-refractivity contribution is 0.0697. The number of ether oxygens (including phenoxy) is 1. The van der Waals surface area contributed by atoms with Crippen LogP contribution in [0.2, 0.25) is 0 Å². The van der Waals surface area contributed by atoms with Crippen LogP contribution in [0.5, 0.6) is 5.75 Å². The van der Waals surface area contributed by atoms with Gasteiger partial charge in [-0.1, -0.05) is 41.6 Å². The Hall–Kier alpha value is -3.98. The molecule has 0 unspecified atom stereocenters. The molecule has 0 radical (unpaired) electrons. The monoisotopic (exact) mass is 435 g/mol. The van der Waals surface area contributed by atoms with E-state index in [1.807, 2.05) is 0 Å². The van der Waals surface area contributed by atoms with Crippen LogP contribution in [-0.2, 0) is 9.84 Å². The molecule has 1 heterocycles. The fourth-order valence-corrected chi connectivity index (χ4v) is 4.43. The summed E-state index contributed by atoms with van der Waals surface area (Å²) in [7, 11) is -2.53. The van der Waals surface area contributed by atoms with E-state index in [1.54, 1.807) is 54.6 Å². The highest BCUT2D eigenvalue weighted by molar-refractivity contribution is 7.91. The predicted octanol–water partition coefficient (Wildman–Crippen LogP) is 3.47. The van der Waals surface area contributed by atoms with Crippen LogP contribution >= 0.6 is 0 Å². The first-order valence-corrected chi connectivity index (χ1v) is 10.6. The number of benzene rings is 3. The van der Waals surface area contributed by atoms with Gasteiger partial charge in [-0.05, 0) is 42.5 Å². The quantitative estimate of drug-likeness (QED) is 0.493. The third-order valence-corrected chi connectivity index (χ3v) is 6.33. The molecule has 3 aromatic carbocycles. The number of aromatic nitrogens is 3. The second-order valence-corrected chi connectivity index (χ2v) is 8.42. The number of hydrogen-bond donors (Lipinski definition) is 1. The summed E-state index contributed by atoms with van der Waals surface area (Å²) in [6.45, 7) is 0. The summed E-state index contributed by atoms with van der Waals surface area (Å²) >= 11 is 0. The van der Waals surface area contributed by atoms with E-state index in [0.717, 1.165) is 0 Å². The van der Waals surface area contributed by atoms with Crippen molar-refractivity contribution in [2.75, 3.05) is 7.11 Å². The van der Waals surface area contributed by atoms with Crippen molar-refractivity contribution in [2.24, 2.45) is 0 Å². The Kier molecular flexibility index (Phi) is 5.26. The third kappa shape index (κ3) is 3.78. The van der Waals surface area contributed by atoms with Gasteiger partial charge in [0.05, 0.1) is 23.3 Å². The summed E-state index contributed by atoms with van der Waals surface area (Å²) in [6.07, 6.45) is 0. The van der Waals surface area contributed by atoms with Gasteiger partial charge in [0.15, 0.2) is 0 Å². The molecule has 0 saturated heterocycles. The van der Waals surface area contributed by atoms with Crippen LogP contribution in [0.4, 0.5) is 0 Å². The highest BCUT2D eigenvalue weighted by Crippen LogP contribution is 2.32. The van der Waals surface area contributed by atoms with Crippen LogP contribution in [0, 0.1) is 0 Å². The number of methoxy groups -OCH3 is 1. The molecule has 0 bridgehead atoms. The van der Waals surface area contributed by atoms with Gasteiger partial charge in [-0.15, -0.1) is 5.10 Å². The zero-order valence-corrected chi connectivity index (χ0v) is 17.2. The summed E-state index contributed by atoms with van der Waals surface area (Å²) < 4.78 is 33.2. The van der Waals surface area contributed by atoms with Gasteiger partial charge in [-0.2, -0.15) is 0 Å². The molecule has 4 aromatic rings. The molecule has 156 valence electrons. The largest absolute Gasteiger partial charge is 0.497 e. The Balaban J connectivity index is 1.94.